The minimum atomic E-state index is -2.14. The van der Waals surface area contributed by atoms with Crippen LogP contribution in [0.1, 0.15) is 112 Å². The number of methoxy groups -OCH3 is 1. The first-order chi connectivity index (χ1) is 47.0. The first kappa shape index (κ1) is 76.8. The molecule has 5 aliphatic heterocycles. The highest BCUT2D eigenvalue weighted by atomic mass is 16.8. The number of carboxylic acid groups (broad SMARTS) is 1. The molecule has 31 nitrogen and oxygen atoms in total. The summed E-state index contributed by atoms with van der Waals surface area (Å²) >= 11 is 0. The minimum Gasteiger partial charge on any atom is -0.497 e. The first-order valence-electron chi connectivity index (χ1n) is 34.4. The molecule has 15 N–H and O–H groups in total. The molecule has 1 aromatic carbocycles. The Labute approximate surface area is 577 Å². The molecule has 562 valence electrons. The van der Waals surface area contributed by atoms with Gasteiger partial charge >= 0.3 is 17.9 Å². The number of carboxylic acids is 1. The van der Waals surface area contributed by atoms with Gasteiger partial charge in [-0.05, 0) is 123 Å². The molecule has 31 heteroatoms. The van der Waals surface area contributed by atoms with Crippen molar-refractivity contribution in [3.05, 3.63) is 47.6 Å². The maximum Gasteiger partial charge on any atom is 0.335 e. The number of allylic oxidation sites excluding steroid dienone is 1. The van der Waals surface area contributed by atoms with E-state index in [0.29, 0.717) is 49.0 Å². The lowest BCUT2D eigenvalue weighted by atomic mass is 9.32. The number of aliphatic hydroxyl groups is 14. The SMILES string of the molecule is COc1ccc(/C=C/C(=O)OC2C(C)OC(OC(=O)C34CCC(C)(C)CC3C3=CCC5[C@@]6(C)CC[C@H](OC7OC(C(=O)O)C(O)C(O)C7OC7OC(CO)C(O)C(O)C7O)[C@@](C)(C=O)C6CC[C@@]5(C)[C@]3(C)[C@@H](O)C4O)C(OC3OC(C)C(O)C(O)C3OC3OCC(O)C(O)C3O)C2O)cc1. The summed E-state index contributed by atoms with van der Waals surface area (Å²) in [6.45, 7) is 13.2. The van der Waals surface area contributed by atoms with Crippen LogP contribution in [-0.4, -0.2) is 287 Å². The number of carbonyl (C=O) groups is 4. The Morgan fingerprint density at radius 2 is 1.22 bits per heavy atom. The van der Waals surface area contributed by atoms with E-state index in [-0.39, 0.29) is 25.2 Å². The maximum atomic E-state index is 16.0. The Morgan fingerprint density at radius 3 is 1.87 bits per heavy atom. The van der Waals surface area contributed by atoms with Gasteiger partial charge in [-0.2, -0.15) is 0 Å². The van der Waals surface area contributed by atoms with Crippen LogP contribution in [0.15, 0.2) is 42.0 Å². The molecular weight excluding hydrogens is 1320 g/mol. The van der Waals surface area contributed by atoms with Crippen LogP contribution in [0.5, 0.6) is 5.75 Å². The molecule has 5 saturated heterocycles. The highest BCUT2D eigenvalue weighted by molar-refractivity contribution is 5.87. The van der Waals surface area contributed by atoms with Crippen LogP contribution in [0.25, 0.3) is 6.08 Å². The molecule has 0 aromatic heterocycles. The van der Waals surface area contributed by atoms with E-state index in [1.807, 2.05) is 33.8 Å². The topological polar surface area (TPSA) is 482 Å². The largest absolute Gasteiger partial charge is 0.497 e. The smallest absolute Gasteiger partial charge is 0.335 e. The molecule has 5 aliphatic carbocycles. The second-order valence-electron chi connectivity index (χ2n) is 31.0. The van der Waals surface area contributed by atoms with E-state index in [1.54, 1.807) is 31.2 Å². The zero-order chi connectivity index (χ0) is 73.0. The van der Waals surface area contributed by atoms with Gasteiger partial charge in [0, 0.05) is 11.5 Å². The summed E-state index contributed by atoms with van der Waals surface area (Å²) < 4.78 is 71.8. The summed E-state index contributed by atoms with van der Waals surface area (Å²) in [5.41, 5.74) is -5.57. The van der Waals surface area contributed by atoms with E-state index in [0.717, 1.165) is 12.4 Å². The number of fused-ring (bicyclic) bond motifs is 7. The van der Waals surface area contributed by atoms with Crippen molar-refractivity contribution in [1.82, 2.24) is 0 Å². The van der Waals surface area contributed by atoms with Crippen LogP contribution in [0.3, 0.4) is 0 Å². The number of carbonyl (C=O) groups excluding carboxylic acids is 3. The van der Waals surface area contributed by atoms with E-state index in [4.69, 9.17) is 56.8 Å². The average Bonchev–Trinajstić information content (AvgIpc) is 0.664. The van der Waals surface area contributed by atoms with Crippen molar-refractivity contribution in [1.29, 1.82) is 0 Å². The number of hydrogen-bond donors (Lipinski definition) is 15. The molecule has 11 rings (SSSR count). The van der Waals surface area contributed by atoms with Crippen molar-refractivity contribution >= 4 is 30.3 Å². The predicted molar refractivity (Wildman–Crippen MR) is 336 cm³/mol. The number of rotatable bonds is 17. The van der Waals surface area contributed by atoms with E-state index in [9.17, 15) is 91.0 Å². The van der Waals surface area contributed by atoms with Crippen LogP contribution < -0.4 is 4.74 Å². The zero-order valence-electron chi connectivity index (χ0n) is 57.3. The fourth-order valence-corrected chi connectivity index (χ4v) is 18.8. The molecule has 9 fully saturated rings. The Bertz CT molecular complexity index is 3150. The maximum absolute atomic E-state index is 16.0. The second kappa shape index (κ2) is 28.8. The van der Waals surface area contributed by atoms with Crippen molar-refractivity contribution in [3.8, 4) is 5.75 Å². The molecule has 100 heavy (non-hydrogen) atoms. The number of hydrogen-bond acceptors (Lipinski definition) is 30. The molecule has 0 amide bonds. The van der Waals surface area contributed by atoms with Crippen molar-refractivity contribution in [3.63, 3.8) is 0 Å². The zero-order valence-corrected chi connectivity index (χ0v) is 57.3. The van der Waals surface area contributed by atoms with Crippen LogP contribution in [0.4, 0.5) is 0 Å². The molecule has 4 saturated carbocycles. The molecular formula is C69H100O31. The molecule has 1 aromatic rings. The van der Waals surface area contributed by atoms with Crippen molar-refractivity contribution in [2.45, 2.75) is 272 Å². The Morgan fingerprint density at radius 1 is 0.600 bits per heavy atom. The van der Waals surface area contributed by atoms with Crippen LogP contribution in [0.2, 0.25) is 0 Å². The van der Waals surface area contributed by atoms with Gasteiger partial charge in [0.2, 0.25) is 6.29 Å². The van der Waals surface area contributed by atoms with E-state index >= 15 is 4.79 Å². The molecule has 0 radical (unpaired) electrons. The first-order valence-corrected chi connectivity index (χ1v) is 34.4. The van der Waals surface area contributed by atoms with Gasteiger partial charge in [0.15, 0.2) is 43.5 Å². The van der Waals surface area contributed by atoms with Gasteiger partial charge in [-0.1, -0.05) is 65.3 Å². The van der Waals surface area contributed by atoms with Crippen molar-refractivity contribution < 1.29 is 153 Å². The van der Waals surface area contributed by atoms with Crippen LogP contribution in [0, 0.1) is 50.2 Å². The summed E-state index contributed by atoms with van der Waals surface area (Å²) in [6.07, 6.45) is -40.8. The molecule has 35 atom stereocenters. The summed E-state index contributed by atoms with van der Waals surface area (Å²) in [5, 5.41) is 168. The van der Waals surface area contributed by atoms with Crippen molar-refractivity contribution in [2.75, 3.05) is 20.3 Å². The number of esters is 2. The van der Waals surface area contributed by atoms with E-state index in [1.165, 1.54) is 27.0 Å². The Balaban J connectivity index is 0.891. The van der Waals surface area contributed by atoms with Crippen molar-refractivity contribution in [2.24, 2.45) is 50.2 Å². The Kier molecular flexibility index (Phi) is 22.1. The normalized spacial score (nSPS) is 50.1. The fourth-order valence-electron chi connectivity index (χ4n) is 18.8. The highest BCUT2D eigenvalue weighted by Crippen LogP contribution is 2.76. The van der Waals surface area contributed by atoms with Gasteiger partial charge in [-0.3, -0.25) is 4.79 Å². The molecule has 29 unspecified atom stereocenters. The lowest BCUT2D eigenvalue weighted by molar-refractivity contribution is -0.383. The Hall–Kier alpha value is -4.34. The average molecular weight is 1430 g/mol. The summed E-state index contributed by atoms with van der Waals surface area (Å²) in [5.74, 6) is -4.86. The van der Waals surface area contributed by atoms with Crippen LogP contribution in [-0.2, 0) is 71.3 Å². The van der Waals surface area contributed by atoms with Gasteiger partial charge in [0.05, 0.1) is 56.3 Å². The van der Waals surface area contributed by atoms with E-state index in [2.05, 4.69) is 6.92 Å². The monoisotopic (exact) mass is 1420 g/mol. The number of aliphatic hydroxyl groups excluding tert-OH is 14. The van der Waals surface area contributed by atoms with Gasteiger partial charge in [0.1, 0.15) is 103 Å². The summed E-state index contributed by atoms with van der Waals surface area (Å²) in [6, 6.07) is 6.71. The third-order valence-electron chi connectivity index (χ3n) is 24.9. The second-order valence-corrected chi connectivity index (χ2v) is 31.0. The third kappa shape index (κ3) is 13.0. The number of aldehydes is 1. The van der Waals surface area contributed by atoms with Gasteiger partial charge in [-0.25, -0.2) is 9.59 Å². The minimum absolute atomic E-state index is 0.0406. The number of aliphatic carboxylic acids is 1. The standard InChI is InChI=1S/C69H100O31/c1-28-40(74)44(78)52(97-58-47(81)41(75)34(72)26-90-58)60(91-28)99-54-49(83)50(95-39(73)17-12-30-10-13-31(89-9)14-11-30)29(2)92-61(54)100-63(88)69-23-22-64(3,4)24-33(69)32-15-16-37-65(5)20-19-38(66(6,27-71)36(65)18-21-67(37,7)68(32,8)55(84)56(69)85)94-62-53(46(80)45(79)51(96-62)57(86)87)98-59-48(82)43(77)42(76)35(25-70)93-59/h10-15,17,27-29,33-38,40-56,58-62,70,72,74-85H,16,18-26H2,1-9H3,(H,86,87)/b17-12+/t28?,29?,33?,34?,35?,36?,37?,38-,40?,41?,42?,43?,44?,45?,46?,47?,48?,49?,50?,51?,52?,53?,54?,55-,56?,58?,59?,60?,61?,62?,65-,66-,67+,68-,69?/m0/s1. The van der Waals surface area contributed by atoms with E-state index < -0.39 is 241 Å². The molecule has 5 heterocycles. The highest BCUT2D eigenvalue weighted by Gasteiger charge is 2.75. The van der Waals surface area contributed by atoms with Crippen LogP contribution >= 0.6 is 0 Å². The molecule has 0 spiro atoms. The lowest BCUT2D eigenvalue weighted by Crippen LogP contribution is -2.73. The quantitative estimate of drug-likeness (QED) is 0.0263. The van der Waals surface area contributed by atoms with Gasteiger partial charge in [0.25, 0.3) is 0 Å². The summed E-state index contributed by atoms with van der Waals surface area (Å²) in [7, 11) is 1.50. The number of ether oxygens (including phenoxy) is 12. The third-order valence-corrected chi connectivity index (χ3v) is 24.9. The van der Waals surface area contributed by atoms with Gasteiger partial charge < -0.3 is 138 Å². The predicted octanol–water partition coefficient (Wildman–Crippen LogP) is -2.03. The molecule has 0 bridgehead atoms. The summed E-state index contributed by atoms with van der Waals surface area (Å²) in [4.78, 5) is 56.2. The number of benzene rings is 1. The fraction of sp³-hybridized carbons (Fsp3) is 0.797. The van der Waals surface area contributed by atoms with Gasteiger partial charge in [-0.15, -0.1) is 0 Å². The molecule has 10 aliphatic rings. The lowest BCUT2D eigenvalue weighted by Gasteiger charge is -2.72.